The van der Waals surface area contributed by atoms with Crippen LogP contribution in [0.5, 0.6) is 5.75 Å². The summed E-state index contributed by atoms with van der Waals surface area (Å²) in [6.45, 7) is 4.10. The molecule has 1 aliphatic rings. The van der Waals surface area contributed by atoms with Gasteiger partial charge in [0.15, 0.2) is 5.11 Å². The Hall–Kier alpha value is -2.06. The molecule has 1 aliphatic heterocycles. The molecular formula is C20H22Cl2N4O2S. The summed E-state index contributed by atoms with van der Waals surface area (Å²) in [6.07, 6.45) is 0. The summed E-state index contributed by atoms with van der Waals surface area (Å²) in [5.41, 5.74) is 2.15. The minimum Gasteiger partial charge on any atom is -0.494 e. The van der Waals surface area contributed by atoms with Gasteiger partial charge in [-0.1, -0.05) is 23.2 Å². The molecule has 0 spiro atoms. The predicted octanol–water partition coefficient (Wildman–Crippen LogP) is 3.88. The lowest BCUT2D eigenvalue weighted by atomic mass is 10.2. The number of nitrogens with zero attached hydrogens (tertiary/aromatic N) is 2. The van der Waals surface area contributed by atoms with Crippen molar-refractivity contribution in [1.29, 1.82) is 0 Å². The fourth-order valence-corrected chi connectivity index (χ4v) is 3.87. The fourth-order valence-electron chi connectivity index (χ4n) is 3.09. The smallest absolute Gasteiger partial charge is 0.261 e. The van der Waals surface area contributed by atoms with Crippen molar-refractivity contribution in [3.63, 3.8) is 0 Å². The zero-order chi connectivity index (χ0) is 21.0. The lowest BCUT2D eigenvalue weighted by molar-refractivity contribution is 0.0975. The van der Waals surface area contributed by atoms with Gasteiger partial charge >= 0.3 is 0 Å². The maximum absolute atomic E-state index is 12.6. The Morgan fingerprint density at radius 1 is 1.10 bits per heavy atom. The van der Waals surface area contributed by atoms with Crippen molar-refractivity contribution in [3.8, 4) is 5.75 Å². The topological polar surface area (TPSA) is 56.8 Å². The van der Waals surface area contributed by atoms with Crippen molar-refractivity contribution in [1.82, 2.24) is 10.2 Å². The highest BCUT2D eigenvalue weighted by atomic mass is 35.5. The SMILES string of the molecule is COc1c(Cl)cc(Cl)cc1C(=O)NC(=S)Nc1ccc(N2CCN(C)CC2)cc1. The second kappa shape index (κ2) is 9.63. The lowest BCUT2D eigenvalue weighted by Crippen LogP contribution is -2.44. The van der Waals surface area contributed by atoms with Crippen molar-refractivity contribution < 1.29 is 9.53 Å². The zero-order valence-corrected chi connectivity index (χ0v) is 18.5. The van der Waals surface area contributed by atoms with E-state index in [0.29, 0.717) is 5.02 Å². The van der Waals surface area contributed by atoms with Gasteiger partial charge in [-0.25, -0.2) is 0 Å². The van der Waals surface area contributed by atoms with E-state index in [4.69, 9.17) is 40.2 Å². The van der Waals surface area contributed by atoms with E-state index in [1.54, 1.807) is 0 Å². The average molecular weight is 453 g/mol. The van der Waals surface area contributed by atoms with Crippen LogP contribution in [0.15, 0.2) is 36.4 Å². The zero-order valence-electron chi connectivity index (χ0n) is 16.2. The van der Waals surface area contributed by atoms with Crippen molar-refractivity contribution in [2.75, 3.05) is 50.6 Å². The summed E-state index contributed by atoms with van der Waals surface area (Å²) >= 11 is 17.4. The summed E-state index contributed by atoms with van der Waals surface area (Å²) in [6, 6.07) is 10.9. The van der Waals surface area contributed by atoms with Gasteiger partial charge in [-0.3, -0.25) is 10.1 Å². The summed E-state index contributed by atoms with van der Waals surface area (Å²) < 4.78 is 5.21. The van der Waals surface area contributed by atoms with E-state index < -0.39 is 5.91 Å². The molecule has 0 bridgehead atoms. The molecule has 1 fully saturated rings. The number of nitrogens with one attached hydrogen (secondary N) is 2. The molecule has 2 aromatic rings. The molecule has 154 valence electrons. The summed E-state index contributed by atoms with van der Waals surface area (Å²) in [5, 5.41) is 6.39. The van der Waals surface area contributed by atoms with Gasteiger partial charge in [-0.15, -0.1) is 0 Å². The minimum atomic E-state index is -0.460. The van der Waals surface area contributed by atoms with Gasteiger partial charge in [-0.05, 0) is 55.7 Å². The Balaban J connectivity index is 1.62. The van der Waals surface area contributed by atoms with Gasteiger partial charge in [0.1, 0.15) is 5.75 Å². The van der Waals surface area contributed by atoms with Gasteiger partial charge in [0.2, 0.25) is 0 Å². The number of hydrogen-bond donors (Lipinski definition) is 2. The minimum absolute atomic E-state index is 0.167. The van der Waals surface area contributed by atoms with Crippen molar-refractivity contribution in [3.05, 3.63) is 52.0 Å². The van der Waals surface area contributed by atoms with Crippen LogP contribution >= 0.6 is 35.4 Å². The van der Waals surface area contributed by atoms with E-state index >= 15 is 0 Å². The van der Waals surface area contributed by atoms with Crippen LogP contribution in [-0.4, -0.2) is 56.3 Å². The standard InChI is InChI=1S/C20H22Cl2N4O2S/c1-25-7-9-26(10-8-25)15-5-3-14(4-6-15)23-20(29)24-19(27)16-11-13(21)12-17(22)18(16)28-2/h3-6,11-12H,7-10H2,1-2H3,(H2,23,24,27,29). The van der Waals surface area contributed by atoms with E-state index in [1.165, 1.54) is 19.2 Å². The molecule has 9 heteroatoms. The van der Waals surface area contributed by atoms with E-state index in [-0.39, 0.29) is 21.4 Å². The van der Waals surface area contributed by atoms with Crippen LogP contribution < -0.4 is 20.3 Å². The monoisotopic (exact) mass is 452 g/mol. The van der Waals surface area contributed by atoms with Crippen LogP contribution in [0, 0.1) is 0 Å². The normalized spacial score (nSPS) is 14.4. The molecular weight excluding hydrogens is 431 g/mol. The molecule has 0 saturated carbocycles. The highest BCUT2D eigenvalue weighted by Crippen LogP contribution is 2.32. The number of hydrogen-bond acceptors (Lipinski definition) is 5. The van der Waals surface area contributed by atoms with E-state index in [2.05, 4.69) is 27.5 Å². The van der Waals surface area contributed by atoms with Crippen molar-refractivity contribution in [2.45, 2.75) is 0 Å². The number of carbonyl (C=O) groups excluding carboxylic acids is 1. The second-order valence-electron chi connectivity index (χ2n) is 6.71. The van der Waals surface area contributed by atoms with Crippen LogP contribution in [0.4, 0.5) is 11.4 Å². The number of amides is 1. The van der Waals surface area contributed by atoms with Crippen LogP contribution in [0.1, 0.15) is 10.4 Å². The molecule has 0 aliphatic carbocycles. The Kier molecular flexibility index (Phi) is 7.18. The summed E-state index contributed by atoms with van der Waals surface area (Å²) in [7, 11) is 3.57. The summed E-state index contributed by atoms with van der Waals surface area (Å²) in [5.74, 6) is -0.217. The van der Waals surface area contributed by atoms with E-state index in [9.17, 15) is 4.79 Å². The van der Waals surface area contributed by atoms with Crippen molar-refractivity contribution in [2.24, 2.45) is 0 Å². The number of thiocarbonyl (C=S) groups is 1. The van der Waals surface area contributed by atoms with Gasteiger partial charge in [-0.2, -0.15) is 0 Å². The number of rotatable bonds is 4. The van der Waals surface area contributed by atoms with Crippen LogP contribution in [0.25, 0.3) is 0 Å². The van der Waals surface area contributed by atoms with Gasteiger partial charge < -0.3 is 19.9 Å². The first kappa shape index (κ1) is 21.6. The molecule has 1 saturated heterocycles. The predicted molar refractivity (Wildman–Crippen MR) is 123 cm³/mol. The van der Waals surface area contributed by atoms with Crippen LogP contribution in [0.3, 0.4) is 0 Å². The first-order valence-electron chi connectivity index (χ1n) is 9.06. The number of methoxy groups -OCH3 is 1. The first-order chi connectivity index (χ1) is 13.9. The fraction of sp³-hybridized carbons (Fsp3) is 0.300. The maximum Gasteiger partial charge on any atom is 0.261 e. The first-order valence-corrected chi connectivity index (χ1v) is 10.2. The van der Waals surface area contributed by atoms with Gasteiger partial charge in [0.25, 0.3) is 5.91 Å². The number of anilines is 2. The molecule has 6 nitrogen and oxygen atoms in total. The lowest BCUT2D eigenvalue weighted by Gasteiger charge is -2.34. The van der Waals surface area contributed by atoms with Crippen LogP contribution in [-0.2, 0) is 0 Å². The highest BCUT2D eigenvalue weighted by Gasteiger charge is 2.18. The number of likely N-dealkylation sites (N-methyl/N-ethyl adjacent to an activating group) is 1. The molecule has 1 amide bonds. The molecule has 3 rings (SSSR count). The molecule has 0 aromatic heterocycles. The molecule has 1 heterocycles. The quantitative estimate of drug-likeness (QED) is 0.686. The number of benzene rings is 2. The molecule has 0 radical (unpaired) electrons. The second-order valence-corrected chi connectivity index (χ2v) is 7.97. The molecule has 2 N–H and O–H groups in total. The van der Waals surface area contributed by atoms with E-state index in [1.807, 2.05) is 24.3 Å². The van der Waals surface area contributed by atoms with Crippen molar-refractivity contribution >= 4 is 57.8 Å². The summed E-state index contributed by atoms with van der Waals surface area (Å²) in [4.78, 5) is 17.2. The molecule has 0 atom stereocenters. The Labute approximate surface area is 185 Å². The number of ether oxygens (including phenoxy) is 1. The highest BCUT2D eigenvalue weighted by molar-refractivity contribution is 7.80. The Morgan fingerprint density at radius 3 is 2.38 bits per heavy atom. The molecule has 29 heavy (non-hydrogen) atoms. The number of halogens is 2. The Bertz CT molecular complexity index is 900. The average Bonchev–Trinajstić information content (AvgIpc) is 2.68. The third-order valence-corrected chi connectivity index (χ3v) is 5.38. The van der Waals surface area contributed by atoms with Gasteiger partial charge in [0, 0.05) is 42.6 Å². The number of piperazine rings is 1. The third kappa shape index (κ3) is 5.51. The van der Waals surface area contributed by atoms with Gasteiger partial charge in [0.05, 0.1) is 17.7 Å². The number of carbonyl (C=O) groups is 1. The molecule has 2 aromatic carbocycles. The van der Waals surface area contributed by atoms with Crippen LogP contribution in [0.2, 0.25) is 10.0 Å². The molecule has 0 unspecified atom stereocenters. The maximum atomic E-state index is 12.6. The third-order valence-electron chi connectivity index (χ3n) is 4.68. The van der Waals surface area contributed by atoms with E-state index in [0.717, 1.165) is 37.6 Å². The Morgan fingerprint density at radius 2 is 1.76 bits per heavy atom. The largest absolute Gasteiger partial charge is 0.494 e.